The standard InChI is InChI=1S/C15H21N3O3/c1-15(9-21-10-15)8-18(2)7-13(19)17-12-5-3-11(4-6-12)14(16)20/h3-6H,7-10H2,1-2H3,(H2,16,20)(H,17,19). The summed E-state index contributed by atoms with van der Waals surface area (Å²) in [5.41, 5.74) is 6.39. The molecule has 1 fully saturated rings. The predicted molar refractivity (Wildman–Crippen MR) is 80.0 cm³/mol. The molecule has 1 aromatic rings. The van der Waals surface area contributed by atoms with Gasteiger partial charge in [0.15, 0.2) is 0 Å². The lowest BCUT2D eigenvalue weighted by Crippen LogP contribution is -2.49. The van der Waals surface area contributed by atoms with Crippen LogP contribution in [0.4, 0.5) is 5.69 Å². The van der Waals surface area contributed by atoms with Crippen LogP contribution < -0.4 is 11.1 Å². The van der Waals surface area contributed by atoms with Crippen LogP contribution in [0.5, 0.6) is 0 Å². The number of ether oxygens (including phenoxy) is 1. The lowest BCUT2D eigenvalue weighted by atomic mass is 9.88. The number of benzene rings is 1. The fraction of sp³-hybridized carbons (Fsp3) is 0.467. The van der Waals surface area contributed by atoms with Gasteiger partial charge >= 0.3 is 0 Å². The van der Waals surface area contributed by atoms with Crippen LogP contribution in [0.25, 0.3) is 0 Å². The minimum Gasteiger partial charge on any atom is -0.380 e. The Morgan fingerprint density at radius 2 is 1.95 bits per heavy atom. The number of anilines is 1. The van der Waals surface area contributed by atoms with Crippen LogP contribution in [0.1, 0.15) is 17.3 Å². The smallest absolute Gasteiger partial charge is 0.248 e. The molecule has 0 spiro atoms. The van der Waals surface area contributed by atoms with Crippen molar-refractivity contribution < 1.29 is 14.3 Å². The summed E-state index contributed by atoms with van der Waals surface area (Å²) in [5.74, 6) is -0.572. The molecule has 6 nitrogen and oxygen atoms in total. The number of rotatable bonds is 6. The average molecular weight is 291 g/mol. The zero-order chi connectivity index (χ0) is 15.5. The normalized spacial score (nSPS) is 16.3. The van der Waals surface area contributed by atoms with E-state index in [1.807, 2.05) is 11.9 Å². The highest BCUT2D eigenvalue weighted by Gasteiger charge is 2.34. The van der Waals surface area contributed by atoms with Gasteiger partial charge in [-0.1, -0.05) is 6.92 Å². The predicted octanol–water partition coefficient (Wildman–Crippen LogP) is 0.692. The molecule has 2 amide bonds. The first-order valence-electron chi connectivity index (χ1n) is 6.84. The van der Waals surface area contributed by atoms with Crippen LogP contribution in [0, 0.1) is 5.41 Å². The number of nitrogens with zero attached hydrogens (tertiary/aromatic N) is 1. The molecule has 1 aliphatic heterocycles. The van der Waals surface area contributed by atoms with E-state index in [1.54, 1.807) is 24.3 Å². The van der Waals surface area contributed by atoms with E-state index in [1.165, 1.54) is 0 Å². The number of amides is 2. The maximum absolute atomic E-state index is 12.0. The number of primary amides is 1. The highest BCUT2D eigenvalue weighted by atomic mass is 16.5. The molecule has 0 atom stereocenters. The molecule has 21 heavy (non-hydrogen) atoms. The summed E-state index contributed by atoms with van der Waals surface area (Å²) in [6.07, 6.45) is 0. The molecule has 1 aromatic carbocycles. The van der Waals surface area contributed by atoms with Crippen LogP contribution in [0.15, 0.2) is 24.3 Å². The van der Waals surface area contributed by atoms with Crippen molar-refractivity contribution in [1.29, 1.82) is 0 Å². The molecule has 114 valence electrons. The van der Waals surface area contributed by atoms with E-state index < -0.39 is 5.91 Å². The van der Waals surface area contributed by atoms with E-state index in [4.69, 9.17) is 10.5 Å². The molecule has 0 bridgehead atoms. The van der Waals surface area contributed by atoms with Crippen molar-refractivity contribution in [2.75, 3.05) is 38.7 Å². The number of nitrogens with one attached hydrogen (secondary N) is 1. The molecular weight excluding hydrogens is 270 g/mol. The molecule has 0 aromatic heterocycles. The third kappa shape index (κ3) is 4.27. The fourth-order valence-corrected chi connectivity index (χ4v) is 2.41. The van der Waals surface area contributed by atoms with Gasteiger partial charge in [-0.05, 0) is 31.3 Å². The number of likely N-dealkylation sites (N-methyl/N-ethyl adjacent to an activating group) is 1. The maximum atomic E-state index is 12.0. The Morgan fingerprint density at radius 3 is 2.43 bits per heavy atom. The van der Waals surface area contributed by atoms with Crippen molar-refractivity contribution in [1.82, 2.24) is 4.90 Å². The first-order valence-corrected chi connectivity index (χ1v) is 6.84. The minimum atomic E-state index is -0.483. The molecule has 0 aliphatic carbocycles. The van der Waals surface area contributed by atoms with Crippen molar-refractivity contribution in [2.24, 2.45) is 11.1 Å². The number of nitrogens with two attached hydrogens (primary N) is 1. The molecule has 0 saturated carbocycles. The van der Waals surface area contributed by atoms with E-state index in [2.05, 4.69) is 12.2 Å². The van der Waals surface area contributed by atoms with Crippen molar-refractivity contribution in [3.05, 3.63) is 29.8 Å². The first kappa shape index (κ1) is 15.5. The number of carbonyl (C=O) groups is 2. The van der Waals surface area contributed by atoms with E-state index in [0.717, 1.165) is 19.8 Å². The average Bonchev–Trinajstić information content (AvgIpc) is 2.37. The summed E-state index contributed by atoms with van der Waals surface area (Å²) in [7, 11) is 1.92. The molecular formula is C15H21N3O3. The molecule has 0 radical (unpaired) electrons. The van der Waals surface area contributed by atoms with Gasteiger partial charge in [0.2, 0.25) is 11.8 Å². The number of carbonyl (C=O) groups excluding carboxylic acids is 2. The quantitative estimate of drug-likeness (QED) is 0.807. The molecule has 6 heteroatoms. The molecule has 1 aliphatic rings. The van der Waals surface area contributed by atoms with E-state index >= 15 is 0 Å². The number of hydrogen-bond acceptors (Lipinski definition) is 4. The van der Waals surface area contributed by atoms with Crippen LogP contribution >= 0.6 is 0 Å². The van der Waals surface area contributed by atoms with Crippen LogP contribution in [0.3, 0.4) is 0 Å². The van der Waals surface area contributed by atoms with Gasteiger partial charge in [-0.3, -0.25) is 14.5 Å². The summed E-state index contributed by atoms with van der Waals surface area (Å²) in [6, 6.07) is 6.51. The molecule has 3 N–H and O–H groups in total. The Balaban J connectivity index is 1.82. The second-order valence-corrected chi connectivity index (χ2v) is 5.97. The highest BCUT2D eigenvalue weighted by molar-refractivity contribution is 5.95. The van der Waals surface area contributed by atoms with Gasteiger partial charge < -0.3 is 15.8 Å². The lowest BCUT2D eigenvalue weighted by molar-refractivity contribution is -0.124. The monoisotopic (exact) mass is 291 g/mol. The van der Waals surface area contributed by atoms with Crippen molar-refractivity contribution >= 4 is 17.5 Å². The van der Waals surface area contributed by atoms with Gasteiger partial charge in [-0.2, -0.15) is 0 Å². The zero-order valence-electron chi connectivity index (χ0n) is 12.4. The molecule has 0 unspecified atom stereocenters. The Kier molecular flexibility index (Phi) is 4.59. The van der Waals surface area contributed by atoms with Gasteiger partial charge in [0, 0.05) is 23.2 Å². The summed E-state index contributed by atoms with van der Waals surface area (Å²) in [5, 5.41) is 2.80. The second kappa shape index (κ2) is 6.24. The van der Waals surface area contributed by atoms with Gasteiger partial charge in [-0.25, -0.2) is 0 Å². The molecule has 2 rings (SSSR count). The minimum absolute atomic E-state index is 0.0897. The van der Waals surface area contributed by atoms with Crippen molar-refractivity contribution in [3.63, 3.8) is 0 Å². The maximum Gasteiger partial charge on any atom is 0.248 e. The summed E-state index contributed by atoms with van der Waals surface area (Å²) in [4.78, 5) is 24.9. The van der Waals surface area contributed by atoms with Gasteiger partial charge in [0.05, 0.1) is 19.8 Å². The van der Waals surface area contributed by atoms with Crippen LogP contribution in [-0.2, 0) is 9.53 Å². The first-order chi connectivity index (χ1) is 9.88. The molecule has 1 heterocycles. The Bertz CT molecular complexity index is 523. The Hall–Kier alpha value is -1.92. The summed E-state index contributed by atoms with van der Waals surface area (Å²) >= 11 is 0. The highest BCUT2D eigenvalue weighted by Crippen LogP contribution is 2.26. The van der Waals surface area contributed by atoms with E-state index in [0.29, 0.717) is 17.8 Å². The van der Waals surface area contributed by atoms with Crippen LogP contribution in [0.2, 0.25) is 0 Å². The van der Waals surface area contributed by atoms with Gasteiger partial charge in [-0.15, -0.1) is 0 Å². The zero-order valence-corrected chi connectivity index (χ0v) is 12.4. The largest absolute Gasteiger partial charge is 0.380 e. The van der Waals surface area contributed by atoms with Gasteiger partial charge in [0.1, 0.15) is 0 Å². The topological polar surface area (TPSA) is 84.7 Å². The molecule has 1 saturated heterocycles. The second-order valence-electron chi connectivity index (χ2n) is 5.97. The number of hydrogen-bond donors (Lipinski definition) is 2. The van der Waals surface area contributed by atoms with Crippen molar-refractivity contribution in [3.8, 4) is 0 Å². The Morgan fingerprint density at radius 1 is 1.33 bits per heavy atom. The van der Waals surface area contributed by atoms with Gasteiger partial charge in [0.25, 0.3) is 0 Å². The van der Waals surface area contributed by atoms with E-state index in [9.17, 15) is 9.59 Å². The summed E-state index contributed by atoms with van der Waals surface area (Å²) in [6.45, 7) is 4.77. The third-order valence-corrected chi connectivity index (χ3v) is 3.42. The SMILES string of the molecule is CN(CC(=O)Nc1ccc(C(N)=O)cc1)CC1(C)COC1. The van der Waals surface area contributed by atoms with Crippen molar-refractivity contribution in [2.45, 2.75) is 6.92 Å². The van der Waals surface area contributed by atoms with Crippen LogP contribution in [-0.4, -0.2) is 50.1 Å². The lowest BCUT2D eigenvalue weighted by Gasteiger charge is -2.40. The summed E-state index contributed by atoms with van der Waals surface area (Å²) < 4.78 is 5.20. The fourth-order valence-electron chi connectivity index (χ4n) is 2.41. The van der Waals surface area contributed by atoms with E-state index in [-0.39, 0.29) is 11.3 Å². The third-order valence-electron chi connectivity index (χ3n) is 3.42. The Labute approximate surface area is 124 Å².